The van der Waals surface area contributed by atoms with E-state index < -0.39 is 11.9 Å². The van der Waals surface area contributed by atoms with Crippen LogP contribution in [0.25, 0.3) is 0 Å². The maximum atomic E-state index is 11.5. The average molecular weight is 262 g/mol. The SMILES string of the molecule is CC(C)COC(=O)C(C#N)C=NCCc1ccco1. The Morgan fingerprint density at radius 1 is 1.63 bits per heavy atom. The number of carbonyl (C=O) groups excluding carboxylic acids is 1. The van der Waals surface area contributed by atoms with Crippen LogP contribution in [0.3, 0.4) is 0 Å². The lowest BCUT2D eigenvalue weighted by Crippen LogP contribution is -2.20. The fourth-order valence-electron chi connectivity index (χ4n) is 1.29. The Kier molecular flexibility index (Phi) is 6.37. The molecule has 0 radical (unpaired) electrons. The lowest BCUT2D eigenvalue weighted by atomic mass is 10.2. The molecule has 1 heterocycles. The third-order valence-corrected chi connectivity index (χ3v) is 2.27. The average Bonchev–Trinajstić information content (AvgIpc) is 2.89. The van der Waals surface area contributed by atoms with Crippen molar-refractivity contribution in [3.8, 4) is 6.07 Å². The van der Waals surface area contributed by atoms with Crippen LogP contribution < -0.4 is 0 Å². The highest BCUT2D eigenvalue weighted by Crippen LogP contribution is 2.02. The van der Waals surface area contributed by atoms with Gasteiger partial charge < -0.3 is 9.15 Å². The molecule has 0 N–H and O–H groups in total. The highest BCUT2D eigenvalue weighted by molar-refractivity contribution is 5.92. The first-order valence-corrected chi connectivity index (χ1v) is 6.22. The van der Waals surface area contributed by atoms with Gasteiger partial charge in [0.05, 0.1) is 18.9 Å². The van der Waals surface area contributed by atoms with E-state index in [4.69, 9.17) is 14.4 Å². The quantitative estimate of drug-likeness (QED) is 0.557. The summed E-state index contributed by atoms with van der Waals surface area (Å²) >= 11 is 0. The van der Waals surface area contributed by atoms with E-state index in [1.807, 2.05) is 26.0 Å². The van der Waals surface area contributed by atoms with Crippen LogP contribution in [0.2, 0.25) is 0 Å². The summed E-state index contributed by atoms with van der Waals surface area (Å²) in [7, 11) is 0. The lowest BCUT2D eigenvalue weighted by molar-refractivity contribution is -0.145. The minimum absolute atomic E-state index is 0.249. The lowest BCUT2D eigenvalue weighted by Gasteiger charge is -2.07. The smallest absolute Gasteiger partial charge is 0.328 e. The molecule has 1 atom stereocenters. The molecule has 0 spiro atoms. The number of nitrogens with zero attached hydrogens (tertiary/aromatic N) is 2. The number of hydrogen-bond donors (Lipinski definition) is 0. The second kappa shape index (κ2) is 8.09. The molecule has 0 bridgehead atoms. The molecular weight excluding hydrogens is 244 g/mol. The zero-order chi connectivity index (χ0) is 14.1. The number of esters is 1. The molecule has 0 aromatic carbocycles. The molecule has 0 amide bonds. The molecule has 1 aromatic rings. The maximum absolute atomic E-state index is 11.5. The molecular formula is C14H18N2O3. The zero-order valence-corrected chi connectivity index (χ0v) is 11.2. The molecule has 19 heavy (non-hydrogen) atoms. The Balaban J connectivity index is 2.34. The summed E-state index contributed by atoms with van der Waals surface area (Å²) in [5.74, 6) is -0.402. The number of carbonyl (C=O) groups is 1. The van der Waals surface area contributed by atoms with Gasteiger partial charge in [-0.05, 0) is 18.1 Å². The monoisotopic (exact) mass is 262 g/mol. The molecule has 0 aliphatic carbocycles. The Morgan fingerprint density at radius 2 is 2.42 bits per heavy atom. The van der Waals surface area contributed by atoms with Gasteiger partial charge in [-0.25, -0.2) is 0 Å². The van der Waals surface area contributed by atoms with Gasteiger partial charge in [-0.3, -0.25) is 9.79 Å². The molecule has 0 fully saturated rings. The van der Waals surface area contributed by atoms with E-state index in [0.29, 0.717) is 19.6 Å². The first-order chi connectivity index (χ1) is 9.13. The van der Waals surface area contributed by atoms with E-state index in [-0.39, 0.29) is 5.92 Å². The summed E-state index contributed by atoms with van der Waals surface area (Å²) in [6.07, 6.45) is 3.58. The Morgan fingerprint density at radius 3 is 3.00 bits per heavy atom. The fraction of sp³-hybridized carbons (Fsp3) is 0.500. The van der Waals surface area contributed by atoms with Crippen molar-refractivity contribution in [2.45, 2.75) is 20.3 Å². The molecule has 102 valence electrons. The van der Waals surface area contributed by atoms with E-state index in [0.717, 1.165) is 5.76 Å². The van der Waals surface area contributed by atoms with E-state index in [1.165, 1.54) is 6.21 Å². The van der Waals surface area contributed by atoms with E-state index in [9.17, 15) is 4.79 Å². The summed E-state index contributed by atoms with van der Waals surface area (Å²) in [6.45, 7) is 4.67. The van der Waals surface area contributed by atoms with Gasteiger partial charge in [0.15, 0.2) is 5.92 Å². The van der Waals surface area contributed by atoms with Crippen LogP contribution in [0.1, 0.15) is 19.6 Å². The van der Waals surface area contributed by atoms with Crippen LogP contribution in [0.4, 0.5) is 0 Å². The van der Waals surface area contributed by atoms with Crippen molar-refractivity contribution in [1.29, 1.82) is 5.26 Å². The van der Waals surface area contributed by atoms with Crippen molar-refractivity contribution in [3.05, 3.63) is 24.2 Å². The maximum Gasteiger partial charge on any atom is 0.328 e. The normalized spacial score (nSPS) is 12.5. The third-order valence-electron chi connectivity index (χ3n) is 2.27. The largest absolute Gasteiger partial charge is 0.469 e. The summed E-state index contributed by atoms with van der Waals surface area (Å²) < 4.78 is 10.1. The van der Waals surface area contributed by atoms with Gasteiger partial charge in [-0.1, -0.05) is 13.8 Å². The van der Waals surface area contributed by atoms with Crippen LogP contribution in [0, 0.1) is 23.2 Å². The Labute approximate surface area is 112 Å². The topological polar surface area (TPSA) is 75.6 Å². The van der Waals surface area contributed by atoms with E-state index in [1.54, 1.807) is 12.3 Å². The summed E-state index contributed by atoms with van der Waals surface area (Å²) in [5, 5.41) is 8.88. The van der Waals surface area contributed by atoms with Crippen LogP contribution in [-0.4, -0.2) is 25.3 Å². The number of ether oxygens (including phenoxy) is 1. The van der Waals surface area contributed by atoms with Gasteiger partial charge in [0.25, 0.3) is 0 Å². The van der Waals surface area contributed by atoms with Crippen molar-refractivity contribution >= 4 is 12.2 Å². The molecule has 0 saturated carbocycles. The predicted molar refractivity (Wildman–Crippen MR) is 70.7 cm³/mol. The van der Waals surface area contributed by atoms with Gasteiger partial charge >= 0.3 is 5.97 Å². The van der Waals surface area contributed by atoms with E-state index in [2.05, 4.69) is 4.99 Å². The molecule has 1 aromatic heterocycles. The van der Waals surface area contributed by atoms with Crippen LogP contribution in [-0.2, 0) is 16.0 Å². The number of aliphatic imine (C=N–C) groups is 1. The molecule has 0 saturated heterocycles. The van der Waals surface area contributed by atoms with Crippen LogP contribution >= 0.6 is 0 Å². The highest BCUT2D eigenvalue weighted by atomic mass is 16.5. The minimum Gasteiger partial charge on any atom is -0.469 e. The van der Waals surface area contributed by atoms with Crippen molar-refractivity contribution < 1.29 is 13.9 Å². The van der Waals surface area contributed by atoms with Crippen molar-refractivity contribution in [3.63, 3.8) is 0 Å². The van der Waals surface area contributed by atoms with Crippen LogP contribution in [0.15, 0.2) is 27.8 Å². The Hall–Kier alpha value is -2.09. The summed E-state index contributed by atoms with van der Waals surface area (Å²) in [4.78, 5) is 15.6. The van der Waals surface area contributed by atoms with E-state index >= 15 is 0 Å². The van der Waals surface area contributed by atoms with Crippen molar-refractivity contribution in [2.75, 3.05) is 13.2 Å². The summed E-state index contributed by atoms with van der Waals surface area (Å²) in [6, 6.07) is 5.53. The number of furan rings is 1. The van der Waals surface area contributed by atoms with Crippen molar-refractivity contribution in [1.82, 2.24) is 0 Å². The van der Waals surface area contributed by atoms with Gasteiger partial charge in [0, 0.05) is 19.2 Å². The molecule has 1 rings (SSSR count). The van der Waals surface area contributed by atoms with Gasteiger partial charge in [-0.15, -0.1) is 0 Å². The molecule has 0 aliphatic rings. The van der Waals surface area contributed by atoms with Gasteiger partial charge in [0.1, 0.15) is 5.76 Å². The second-order valence-corrected chi connectivity index (χ2v) is 4.52. The fourth-order valence-corrected chi connectivity index (χ4v) is 1.29. The van der Waals surface area contributed by atoms with Crippen LogP contribution in [0.5, 0.6) is 0 Å². The van der Waals surface area contributed by atoms with Gasteiger partial charge in [0.2, 0.25) is 0 Å². The molecule has 5 heteroatoms. The van der Waals surface area contributed by atoms with Crippen molar-refractivity contribution in [2.24, 2.45) is 16.8 Å². The number of rotatable bonds is 7. The third kappa shape index (κ3) is 5.87. The molecule has 0 aliphatic heterocycles. The second-order valence-electron chi connectivity index (χ2n) is 4.52. The standard InChI is InChI=1S/C14H18N2O3/c1-11(2)10-19-14(17)12(8-15)9-16-6-5-13-4-3-7-18-13/h3-4,7,9,11-12H,5-6,10H2,1-2H3. The van der Waals surface area contributed by atoms with Gasteiger partial charge in [-0.2, -0.15) is 5.26 Å². The minimum atomic E-state index is -0.935. The first-order valence-electron chi connectivity index (χ1n) is 6.22. The number of hydrogen-bond acceptors (Lipinski definition) is 5. The molecule has 1 unspecified atom stereocenters. The predicted octanol–water partition coefficient (Wildman–Crippen LogP) is 2.23. The summed E-state index contributed by atoms with van der Waals surface area (Å²) in [5.41, 5.74) is 0. The zero-order valence-electron chi connectivity index (χ0n) is 11.2. The first kappa shape index (κ1) is 15.0. The number of nitriles is 1. The highest BCUT2D eigenvalue weighted by Gasteiger charge is 2.17. The Bertz CT molecular complexity index is 444. The molecule has 5 nitrogen and oxygen atoms in total.